The second-order valence-corrected chi connectivity index (χ2v) is 4.91. The van der Waals surface area contributed by atoms with Crippen LogP contribution in [-0.4, -0.2) is 44.4 Å². The fourth-order valence-corrected chi connectivity index (χ4v) is 1.18. The highest BCUT2D eigenvalue weighted by atomic mass is 19.1. The molecule has 0 fully saturated rings. The zero-order valence-electron chi connectivity index (χ0n) is 12.0. The third-order valence-electron chi connectivity index (χ3n) is 2.80. The molecule has 0 aliphatic carbocycles. The minimum atomic E-state index is -0.727. The van der Waals surface area contributed by atoms with Crippen LogP contribution in [0.15, 0.2) is 29.3 Å². The zero-order chi connectivity index (χ0) is 15.0. The van der Waals surface area contributed by atoms with Gasteiger partial charge in [0.25, 0.3) is 0 Å². The monoisotopic (exact) mass is 278 g/mol. The van der Waals surface area contributed by atoms with Gasteiger partial charge < -0.3 is 14.3 Å². The highest BCUT2D eigenvalue weighted by molar-refractivity contribution is 5.66. The SMILES string of the molecule is CC[N+](C)(C)CC#CCOC([O-])=Nc1ccc(F)cc1. The van der Waals surface area contributed by atoms with Gasteiger partial charge in [-0.2, -0.15) is 0 Å². The van der Waals surface area contributed by atoms with E-state index in [1.807, 2.05) is 0 Å². The molecule has 4 nitrogen and oxygen atoms in total. The number of halogens is 1. The number of aliphatic imine (C=N–C) groups is 1. The molecule has 0 atom stereocenters. The zero-order valence-corrected chi connectivity index (χ0v) is 12.0. The van der Waals surface area contributed by atoms with Gasteiger partial charge in [-0.25, -0.2) is 9.38 Å². The first-order valence-corrected chi connectivity index (χ1v) is 6.35. The van der Waals surface area contributed by atoms with Crippen LogP contribution in [0.4, 0.5) is 10.1 Å². The lowest BCUT2D eigenvalue weighted by molar-refractivity contribution is -0.881. The second kappa shape index (κ2) is 7.51. The molecule has 0 N–H and O–H groups in total. The van der Waals surface area contributed by atoms with Crippen molar-refractivity contribution in [3.63, 3.8) is 0 Å². The maximum atomic E-state index is 12.7. The van der Waals surface area contributed by atoms with Gasteiger partial charge in [-0.15, -0.1) is 0 Å². The smallest absolute Gasteiger partial charge is 0.152 e. The average molecular weight is 278 g/mol. The number of nitrogens with zero attached hydrogens (tertiary/aromatic N) is 2. The summed E-state index contributed by atoms with van der Waals surface area (Å²) in [6, 6.07) is 5.28. The van der Waals surface area contributed by atoms with Crippen LogP contribution in [0.2, 0.25) is 0 Å². The van der Waals surface area contributed by atoms with Crippen LogP contribution >= 0.6 is 0 Å². The fourth-order valence-electron chi connectivity index (χ4n) is 1.18. The molecule has 0 aromatic heterocycles. The maximum absolute atomic E-state index is 12.7. The quantitative estimate of drug-likeness (QED) is 0.360. The largest absolute Gasteiger partial charge is 0.587 e. The van der Waals surface area contributed by atoms with E-state index in [4.69, 9.17) is 4.74 Å². The number of rotatable bonds is 4. The Balaban J connectivity index is 2.42. The molecule has 20 heavy (non-hydrogen) atoms. The lowest BCUT2D eigenvalue weighted by Gasteiger charge is -2.25. The summed E-state index contributed by atoms with van der Waals surface area (Å²) in [5.41, 5.74) is 0.355. The minimum Gasteiger partial charge on any atom is -0.587 e. The van der Waals surface area contributed by atoms with Crippen LogP contribution in [0.3, 0.4) is 0 Å². The molecule has 0 aliphatic rings. The normalized spacial score (nSPS) is 11.7. The molecule has 0 unspecified atom stereocenters. The number of ether oxygens (including phenoxy) is 1. The third-order valence-corrected chi connectivity index (χ3v) is 2.80. The number of hydrogen-bond donors (Lipinski definition) is 0. The van der Waals surface area contributed by atoms with E-state index in [1.54, 1.807) is 0 Å². The Bertz CT molecular complexity index is 513. The Morgan fingerprint density at radius 2 is 1.95 bits per heavy atom. The molecule has 1 aromatic carbocycles. The van der Waals surface area contributed by atoms with Gasteiger partial charge in [-0.05, 0) is 37.1 Å². The molecule has 0 spiro atoms. The summed E-state index contributed by atoms with van der Waals surface area (Å²) >= 11 is 0. The van der Waals surface area contributed by atoms with E-state index >= 15 is 0 Å². The van der Waals surface area contributed by atoms with Crippen molar-refractivity contribution in [3.8, 4) is 11.8 Å². The van der Waals surface area contributed by atoms with Gasteiger partial charge in [0.15, 0.2) is 6.08 Å². The summed E-state index contributed by atoms with van der Waals surface area (Å²) in [6.07, 6.45) is -0.727. The predicted octanol–water partition coefficient (Wildman–Crippen LogP) is 1.29. The molecule has 0 heterocycles. The van der Waals surface area contributed by atoms with Crippen molar-refractivity contribution in [2.45, 2.75) is 6.92 Å². The van der Waals surface area contributed by atoms with Crippen LogP contribution in [0.5, 0.6) is 0 Å². The van der Waals surface area contributed by atoms with E-state index in [-0.39, 0.29) is 12.4 Å². The third kappa shape index (κ3) is 6.21. The summed E-state index contributed by atoms with van der Waals surface area (Å²) in [6.45, 7) is 3.77. The van der Waals surface area contributed by atoms with Crippen molar-refractivity contribution in [1.82, 2.24) is 0 Å². The molecule has 0 aliphatic heterocycles. The first-order chi connectivity index (χ1) is 9.43. The Morgan fingerprint density at radius 1 is 1.30 bits per heavy atom. The van der Waals surface area contributed by atoms with E-state index in [1.165, 1.54) is 24.3 Å². The molecule has 1 aromatic rings. The van der Waals surface area contributed by atoms with Crippen molar-refractivity contribution in [3.05, 3.63) is 30.1 Å². The molecule has 5 heteroatoms. The Kier molecular flexibility index (Phi) is 6.01. The minimum absolute atomic E-state index is 0.00718. The molecule has 0 bridgehead atoms. The van der Waals surface area contributed by atoms with E-state index in [9.17, 15) is 9.50 Å². The number of hydrogen-bond acceptors (Lipinski definition) is 3. The van der Waals surface area contributed by atoms with Crippen molar-refractivity contribution >= 4 is 11.8 Å². The predicted molar refractivity (Wildman–Crippen MR) is 74.7 cm³/mol. The van der Waals surface area contributed by atoms with E-state index < -0.39 is 6.08 Å². The first-order valence-electron chi connectivity index (χ1n) is 6.35. The van der Waals surface area contributed by atoms with Crippen molar-refractivity contribution in [2.24, 2.45) is 4.99 Å². The molecular weight excluding hydrogens is 259 g/mol. The van der Waals surface area contributed by atoms with Gasteiger partial charge in [-0.3, -0.25) is 0 Å². The standard InChI is InChI=1S/C15H19FN2O2/c1-4-18(2,3)11-5-6-12-20-15(19)17-14-9-7-13(16)8-10-14/h7-10H,4,11-12H2,1-3H3. The Morgan fingerprint density at radius 3 is 2.55 bits per heavy atom. The summed E-state index contributed by atoms with van der Waals surface area (Å²) in [7, 11) is 4.15. The molecule has 0 saturated carbocycles. The van der Waals surface area contributed by atoms with Gasteiger partial charge in [0, 0.05) is 0 Å². The number of benzene rings is 1. The summed E-state index contributed by atoms with van der Waals surface area (Å²) in [5.74, 6) is 5.35. The molecule has 0 amide bonds. The van der Waals surface area contributed by atoms with E-state index in [0.29, 0.717) is 12.2 Å². The Labute approximate surface area is 119 Å². The van der Waals surface area contributed by atoms with Gasteiger partial charge in [0.1, 0.15) is 12.4 Å². The van der Waals surface area contributed by atoms with Crippen LogP contribution in [0.1, 0.15) is 6.92 Å². The van der Waals surface area contributed by atoms with Gasteiger partial charge in [0.2, 0.25) is 0 Å². The lowest BCUT2D eigenvalue weighted by atomic mass is 10.3. The second-order valence-electron chi connectivity index (χ2n) is 4.91. The molecule has 0 radical (unpaired) electrons. The van der Waals surface area contributed by atoms with Crippen LogP contribution in [0.25, 0.3) is 0 Å². The van der Waals surface area contributed by atoms with Crippen LogP contribution in [-0.2, 0) is 4.74 Å². The highest BCUT2D eigenvalue weighted by Gasteiger charge is 2.07. The summed E-state index contributed by atoms with van der Waals surface area (Å²) < 4.78 is 18.3. The molecule has 108 valence electrons. The van der Waals surface area contributed by atoms with Crippen LogP contribution < -0.4 is 5.11 Å². The average Bonchev–Trinajstić information content (AvgIpc) is 2.41. The lowest BCUT2D eigenvalue weighted by Crippen LogP contribution is -2.39. The molecular formula is C15H19FN2O2. The van der Waals surface area contributed by atoms with Gasteiger partial charge in [0.05, 0.1) is 32.9 Å². The van der Waals surface area contributed by atoms with Gasteiger partial charge in [-0.1, -0.05) is 5.92 Å². The van der Waals surface area contributed by atoms with Crippen molar-refractivity contribution < 1.29 is 18.7 Å². The topological polar surface area (TPSA) is 44.6 Å². The Hall–Kier alpha value is -2.06. The van der Waals surface area contributed by atoms with E-state index in [0.717, 1.165) is 11.0 Å². The molecule has 1 rings (SSSR count). The highest BCUT2D eigenvalue weighted by Crippen LogP contribution is 2.11. The number of quaternary nitrogens is 1. The van der Waals surface area contributed by atoms with Crippen molar-refractivity contribution in [1.29, 1.82) is 0 Å². The first kappa shape index (κ1) is 16.0. The molecule has 0 saturated heterocycles. The van der Waals surface area contributed by atoms with E-state index in [2.05, 4.69) is 37.9 Å². The fraction of sp³-hybridized carbons (Fsp3) is 0.400. The van der Waals surface area contributed by atoms with Crippen LogP contribution in [0, 0.1) is 17.7 Å². The maximum Gasteiger partial charge on any atom is 0.152 e. The summed E-state index contributed by atoms with van der Waals surface area (Å²) in [4.78, 5) is 3.66. The van der Waals surface area contributed by atoms with Gasteiger partial charge >= 0.3 is 0 Å². The summed E-state index contributed by atoms with van der Waals surface area (Å²) in [5, 5.41) is 11.4. The van der Waals surface area contributed by atoms with Crippen molar-refractivity contribution in [2.75, 3.05) is 33.8 Å².